The lowest BCUT2D eigenvalue weighted by atomic mass is 10.2. The number of fused-ring (bicyclic) bond motifs is 2. The van der Waals surface area contributed by atoms with Gasteiger partial charge in [0.1, 0.15) is 0 Å². The van der Waals surface area contributed by atoms with E-state index in [-0.39, 0.29) is 12.2 Å². The van der Waals surface area contributed by atoms with Crippen molar-refractivity contribution in [2.24, 2.45) is 0 Å². The van der Waals surface area contributed by atoms with Crippen LogP contribution < -0.4 is 4.90 Å². The molecule has 2 N–H and O–H groups in total. The van der Waals surface area contributed by atoms with Crippen LogP contribution in [0.15, 0.2) is 58.3 Å². The van der Waals surface area contributed by atoms with Crippen molar-refractivity contribution in [3.8, 4) is 0 Å². The molecule has 0 aliphatic carbocycles. The van der Waals surface area contributed by atoms with E-state index in [2.05, 4.69) is 0 Å². The van der Waals surface area contributed by atoms with E-state index in [4.69, 9.17) is 9.47 Å². The molecule has 0 radical (unpaired) electrons. The SMILES string of the molecule is C1COCCO1.CC(CP(=O)(O)O)N1c2ccccc2Sc2ccccc21. The number of ether oxygens (including phenoxy) is 2. The van der Waals surface area contributed by atoms with Gasteiger partial charge < -0.3 is 24.2 Å². The molecule has 4 rings (SSSR count). The molecular weight excluding hydrogens is 385 g/mol. The summed E-state index contributed by atoms with van der Waals surface area (Å²) in [6, 6.07) is 15.6. The average Bonchev–Trinajstić information content (AvgIpc) is 2.66. The molecule has 8 heteroatoms. The molecule has 1 saturated heterocycles. The van der Waals surface area contributed by atoms with Crippen molar-refractivity contribution in [1.29, 1.82) is 0 Å². The molecule has 1 fully saturated rings. The van der Waals surface area contributed by atoms with Crippen molar-refractivity contribution in [1.82, 2.24) is 0 Å². The van der Waals surface area contributed by atoms with Crippen molar-refractivity contribution in [3.63, 3.8) is 0 Å². The van der Waals surface area contributed by atoms with Crippen LogP contribution in [0.2, 0.25) is 0 Å². The van der Waals surface area contributed by atoms with E-state index in [1.807, 2.05) is 60.4 Å². The smallest absolute Gasteiger partial charge is 0.327 e. The third kappa shape index (κ3) is 5.57. The average molecular weight is 409 g/mol. The van der Waals surface area contributed by atoms with Gasteiger partial charge in [-0.2, -0.15) is 0 Å². The van der Waals surface area contributed by atoms with Crippen molar-refractivity contribution < 1.29 is 23.8 Å². The number of benzene rings is 2. The van der Waals surface area contributed by atoms with E-state index in [0.29, 0.717) is 0 Å². The highest BCUT2D eigenvalue weighted by atomic mass is 32.2. The summed E-state index contributed by atoms with van der Waals surface area (Å²) in [5.41, 5.74) is 2.00. The molecule has 1 atom stereocenters. The molecule has 27 heavy (non-hydrogen) atoms. The van der Waals surface area contributed by atoms with E-state index in [0.717, 1.165) is 47.6 Å². The second-order valence-electron chi connectivity index (χ2n) is 6.33. The highest BCUT2D eigenvalue weighted by Gasteiger charge is 2.30. The van der Waals surface area contributed by atoms with Gasteiger partial charge in [-0.1, -0.05) is 36.0 Å². The number of para-hydroxylation sites is 2. The van der Waals surface area contributed by atoms with Gasteiger partial charge in [0.25, 0.3) is 0 Å². The van der Waals surface area contributed by atoms with Gasteiger partial charge in [-0.25, -0.2) is 0 Å². The van der Waals surface area contributed by atoms with Crippen molar-refractivity contribution in [2.45, 2.75) is 22.8 Å². The summed E-state index contributed by atoms with van der Waals surface area (Å²) >= 11 is 1.69. The predicted octanol–water partition coefficient (Wildman–Crippen LogP) is 3.89. The Labute approximate surface area is 163 Å². The second kappa shape index (κ2) is 9.24. The van der Waals surface area contributed by atoms with Crippen LogP contribution in [0.5, 0.6) is 0 Å². The molecule has 0 aromatic heterocycles. The van der Waals surface area contributed by atoms with E-state index >= 15 is 0 Å². The summed E-state index contributed by atoms with van der Waals surface area (Å²) in [6.45, 7) is 4.96. The van der Waals surface area contributed by atoms with Crippen LogP contribution in [-0.4, -0.2) is 48.4 Å². The fourth-order valence-electron chi connectivity index (χ4n) is 3.07. The molecule has 2 aromatic carbocycles. The fraction of sp³-hybridized carbons (Fsp3) is 0.368. The topological polar surface area (TPSA) is 79.2 Å². The molecule has 6 nitrogen and oxygen atoms in total. The minimum atomic E-state index is -4.06. The number of hydrogen-bond acceptors (Lipinski definition) is 5. The lowest BCUT2D eigenvalue weighted by molar-refractivity contribution is -0.0334. The Balaban J connectivity index is 0.000000299. The van der Waals surface area contributed by atoms with Crippen LogP contribution in [0.1, 0.15) is 6.92 Å². The first-order chi connectivity index (χ1) is 13.0. The van der Waals surface area contributed by atoms with E-state index in [9.17, 15) is 14.4 Å². The summed E-state index contributed by atoms with van der Waals surface area (Å²) in [7, 11) is -4.06. The largest absolute Gasteiger partial charge is 0.377 e. The summed E-state index contributed by atoms with van der Waals surface area (Å²) in [6.07, 6.45) is -0.166. The zero-order chi connectivity index (χ0) is 19.3. The van der Waals surface area contributed by atoms with E-state index < -0.39 is 7.60 Å². The van der Waals surface area contributed by atoms with Crippen LogP contribution in [0.25, 0.3) is 0 Å². The van der Waals surface area contributed by atoms with Crippen LogP contribution in [0.3, 0.4) is 0 Å². The van der Waals surface area contributed by atoms with Crippen molar-refractivity contribution in [3.05, 3.63) is 48.5 Å². The minimum absolute atomic E-state index is 0.166. The van der Waals surface area contributed by atoms with Crippen LogP contribution in [0, 0.1) is 0 Å². The zero-order valence-corrected chi connectivity index (χ0v) is 16.9. The van der Waals surface area contributed by atoms with Crippen LogP contribution in [-0.2, 0) is 14.0 Å². The van der Waals surface area contributed by atoms with Crippen molar-refractivity contribution >= 4 is 30.7 Å². The fourth-order valence-corrected chi connectivity index (χ4v) is 5.00. The van der Waals surface area contributed by atoms with Gasteiger partial charge in [0.2, 0.25) is 0 Å². The Morgan fingerprint density at radius 1 is 0.963 bits per heavy atom. The molecule has 0 spiro atoms. The highest BCUT2D eigenvalue weighted by Crippen LogP contribution is 2.50. The normalized spacial score (nSPS) is 17.2. The van der Waals surface area contributed by atoms with Crippen LogP contribution >= 0.6 is 19.4 Å². The maximum absolute atomic E-state index is 11.4. The summed E-state index contributed by atoms with van der Waals surface area (Å²) < 4.78 is 21.3. The second-order valence-corrected chi connectivity index (χ2v) is 9.11. The highest BCUT2D eigenvalue weighted by molar-refractivity contribution is 7.99. The monoisotopic (exact) mass is 409 g/mol. The van der Waals surface area contributed by atoms with Gasteiger partial charge in [-0.05, 0) is 31.2 Å². The molecular formula is C19H24NO5PS. The first kappa shape index (κ1) is 20.4. The molecule has 0 saturated carbocycles. The van der Waals surface area contributed by atoms with Gasteiger partial charge in [-0.15, -0.1) is 0 Å². The molecule has 2 aliphatic rings. The Bertz CT molecular complexity index is 751. The third-order valence-electron chi connectivity index (χ3n) is 4.16. The van der Waals surface area contributed by atoms with Crippen molar-refractivity contribution in [2.75, 3.05) is 37.5 Å². The summed E-state index contributed by atoms with van der Waals surface area (Å²) in [4.78, 5) is 22.8. The van der Waals surface area contributed by atoms with Gasteiger partial charge in [0, 0.05) is 15.8 Å². The zero-order valence-electron chi connectivity index (χ0n) is 15.2. The number of hydrogen-bond donors (Lipinski definition) is 2. The molecule has 2 aromatic rings. The quantitative estimate of drug-likeness (QED) is 0.745. The van der Waals surface area contributed by atoms with Crippen LogP contribution in [0.4, 0.5) is 11.4 Å². The Kier molecular flexibility index (Phi) is 6.98. The number of anilines is 2. The Morgan fingerprint density at radius 2 is 1.41 bits per heavy atom. The first-order valence-electron chi connectivity index (χ1n) is 8.81. The van der Waals surface area contributed by atoms with E-state index in [1.165, 1.54) is 0 Å². The minimum Gasteiger partial charge on any atom is -0.377 e. The number of nitrogens with zero attached hydrogens (tertiary/aromatic N) is 1. The van der Waals surface area contributed by atoms with Gasteiger partial charge in [0.05, 0.1) is 44.0 Å². The Morgan fingerprint density at radius 3 is 1.81 bits per heavy atom. The number of rotatable bonds is 3. The van der Waals surface area contributed by atoms with Gasteiger partial charge >= 0.3 is 7.60 Å². The molecule has 2 aliphatic heterocycles. The molecule has 0 bridgehead atoms. The van der Waals surface area contributed by atoms with Gasteiger partial charge in [-0.3, -0.25) is 4.57 Å². The Hall–Kier alpha value is -1.34. The first-order valence-corrected chi connectivity index (χ1v) is 11.4. The lowest BCUT2D eigenvalue weighted by Crippen LogP contribution is -2.33. The predicted molar refractivity (Wildman–Crippen MR) is 107 cm³/mol. The lowest BCUT2D eigenvalue weighted by Gasteiger charge is -2.37. The molecule has 146 valence electrons. The molecule has 0 amide bonds. The molecule has 1 unspecified atom stereocenters. The summed E-state index contributed by atoms with van der Waals surface area (Å²) in [5.74, 6) is 0. The maximum Gasteiger partial charge on any atom is 0.327 e. The maximum atomic E-state index is 11.4. The third-order valence-corrected chi connectivity index (χ3v) is 6.29. The van der Waals surface area contributed by atoms with E-state index in [1.54, 1.807) is 11.8 Å². The van der Waals surface area contributed by atoms with Gasteiger partial charge in [0.15, 0.2) is 0 Å². The molecule has 2 heterocycles. The standard InChI is InChI=1S/C15H16NO3PS.C4H8O2/c1-11(10-20(17,18)19)16-12-6-2-4-8-14(12)21-15-9-5-3-7-13(15)16;1-2-6-4-3-5-1/h2-9,11H,10H2,1H3,(H2,17,18,19);1-4H2. The summed E-state index contributed by atoms with van der Waals surface area (Å²) in [5, 5.41) is 0.